The first-order valence-electron chi connectivity index (χ1n) is 9.40. The molecule has 1 saturated heterocycles. The second-order valence-corrected chi connectivity index (χ2v) is 7.37. The van der Waals surface area contributed by atoms with Crippen LogP contribution in [0.3, 0.4) is 0 Å². The largest absolute Gasteiger partial charge is 0.483 e. The lowest BCUT2D eigenvalue weighted by Gasteiger charge is -2.39. The Balaban J connectivity index is 2.15. The Morgan fingerprint density at radius 2 is 2.07 bits per heavy atom. The zero-order valence-corrected chi connectivity index (χ0v) is 16.5. The van der Waals surface area contributed by atoms with Crippen LogP contribution in [0.4, 0.5) is 18.0 Å². The van der Waals surface area contributed by atoms with E-state index < -0.39 is 23.4 Å². The molecule has 0 aliphatic carbocycles. The second-order valence-electron chi connectivity index (χ2n) is 7.37. The van der Waals surface area contributed by atoms with Gasteiger partial charge in [-0.05, 0) is 45.4 Å². The molecule has 1 aromatic carbocycles. The minimum absolute atomic E-state index is 0.0272. The number of fused-ring (bicyclic) bond motifs is 1. The van der Waals surface area contributed by atoms with Crippen LogP contribution in [0.15, 0.2) is 23.8 Å². The first-order chi connectivity index (χ1) is 13.5. The number of nitrogens with zero attached hydrogens (tertiary/aromatic N) is 1. The number of amides is 2. The number of carbonyl (C=O) groups excluding carboxylic acids is 2. The van der Waals surface area contributed by atoms with E-state index in [0.29, 0.717) is 30.7 Å². The Kier molecular flexibility index (Phi) is 5.51. The number of benzene rings is 1. The lowest BCUT2D eigenvalue weighted by atomic mass is 9.88. The van der Waals surface area contributed by atoms with Gasteiger partial charge in [-0.25, -0.2) is 4.79 Å². The van der Waals surface area contributed by atoms with Crippen LogP contribution in [-0.4, -0.2) is 42.2 Å². The first kappa shape index (κ1) is 21.0. The molecule has 29 heavy (non-hydrogen) atoms. The van der Waals surface area contributed by atoms with Crippen LogP contribution in [0.25, 0.3) is 5.70 Å². The number of carbonyl (C=O) groups is 2. The van der Waals surface area contributed by atoms with Gasteiger partial charge in [0.2, 0.25) is 5.91 Å². The van der Waals surface area contributed by atoms with E-state index in [9.17, 15) is 22.8 Å². The van der Waals surface area contributed by atoms with Crippen LogP contribution in [-0.2, 0) is 15.7 Å². The molecule has 3 rings (SSSR count). The highest BCUT2D eigenvalue weighted by Gasteiger charge is 2.41. The number of alkyl carbamates (subject to hydrolysis) is 1. The van der Waals surface area contributed by atoms with Crippen molar-refractivity contribution in [1.29, 1.82) is 0 Å². The van der Waals surface area contributed by atoms with Gasteiger partial charge in [0.15, 0.2) is 0 Å². The Hall–Kier alpha value is -2.71. The van der Waals surface area contributed by atoms with Gasteiger partial charge in [-0.15, -0.1) is 0 Å². The molecule has 1 fully saturated rings. The number of hydrogen-bond donors (Lipinski definition) is 1. The number of ether oxygens (including phenoxy) is 2. The molecule has 6 nitrogen and oxygen atoms in total. The average molecular weight is 412 g/mol. The van der Waals surface area contributed by atoms with E-state index >= 15 is 0 Å². The van der Waals surface area contributed by atoms with Crippen LogP contribution in [0.2, 0.25) is 0 Å². The summed E-state index contributed by atoms with van der Waals surface area (Å²) in [6.07, 6.45) is -4.27. The van der Waals surface area contributed by atoms with Crippen molar-refractivity contribution in [1.82, 2.24) is 10.2 Å². The molecule has 0 radical (unpaired) electrons. The summed E-state index contributed by atoms with van der Waals surface area (Å²) >= 11 is 0. The maximum atomic E-state index is 13.3. The zero-order valence-electron chi connectivity index (χ0n) is 16.5. The molecule has 0 unspecified atom stereocenters. The van der Waals surface area contributed by atoms with Crippen molar-refractivity contribution in [2.24, 2.45) is 0 Å². The Labute approximate surface area is 166 Å². The maximum Gasteiger partial charge on any atom is 0.416 e. The van der Waals surface area contributed by atoms with Crippen molar-refractivity contribution in [2.45, 2.75) is 45.4 Å². The lowest BCUT2D eigenvalue weighted by molar-refractivity contribution is -0.137. The fraction of sp³-hybridized carbons (Fsp3) is 0.500. The maximum absolute atomic E-state index is 13.3. The molecule has 0 atom stereocenters. The normalized spacial score (nSPS) is 18.4. The summed E-state index contributed by atoms with van der Waals surface area (Å²) in [4.78, 5) is 25.8. The van der Waals surface area contributed by atoms with Crippen molar-refractivity contribution < 1.29 is 32.2 Å². The Morgan fingerprint density at radius 1 is 1.34 bits per heavy atom. The molecular weight excluding hydrogens is 389 g/mol. The number of alkyl halides is 3. The van der Waals surface area contributed by atoms with Crippen molar-refractivity contribution in [2.75, 3.05) is 19.7 Å². The van der Waals surface area contributed by atoms with Gasteiger partial charge in [0.1, 0.15) is 11.4 Å². The minimum atomic E-state index is -4.54. The van der Waals surface area contributed by atoms with Gasteiger partial charge in [0.25, 0.3) is 0 Å². The third kappa shape index (κ3) is 4.18. The molecule has 1 N–H and O–H groups in total. The molecule has 2 amide bonds. The number of likely N-dealkylation sites (tertiary alicyclic amines) is 1. The Morgan fingerprint density at radius 3 is 2.66 bits per heavy atom. The van der Waals surface area contributed by atoms with Gasteiger partial charge in [0.05, 0.1) is 17.9 Å². The van der Waals surface area contributed by atoms with E-state index in [1.54, 1.807) is 20.8 Å². The first-order valence-corrected chi connectivity index (χ1v) is 9.40. The van der Waals surface area contributed by atoms with Crippen LogP contribution in [0, 0.1) is 0 Å². The van der Waals surface area contributed by atoms with Crippen LogP contribution >= 0.6 is 0 Å². The predicted molar refractivity (Wildman–Crippen MR) is 99.0 cm³/mol. The van der Waals surface area contributed by atoms with Gasteiger partial charge in [0, 0.05) is 30.6 Å². The number of hydrogen-bond acceptors (Lipinski definition) is 4. The highest BCUT2D eigenvalue weighted by molar-refractivity contribution is 5.92. The van der Waals surface area contributed by atoms with Crippen molar-refractivity contribution in [3.63, 3.8) is 0 Å². The van der Waals surface area contributed by atoms with Gasteiger partial charge >= 0.3 is 12.3 Å². The topological polar surface area (TPSA) is 67.9 Å². The molecule has 2 aliphatic heterocycles. The second kappa shape index (κ2) is 7.61. The molecule has 0 spiro atoms. The van der Waals surface area contributed by atoms with Gasteiger partial charge in [-0.3, -0.25) is 4.79 Å². The third-order valence-corrected chi connectivity index (χ3v) is 4.97. The van der Waals surface area contributed by atoms with E-state index in [1.165, 1.54) is 11.0 Å². The monoisotopic (exact) mass is 412 g/mol. The number of nitrogens with one attached hydrogen (secondary N) is 1. The highest BCUT2D eigenvalue weighted by atomic mass is 19.4. The Bertz CT molecular complexity index is 862. The lowest BCUT2D eigenvalue weighted by Crippen LogP contribution is -2.43. The molecular formula is C20H23F3N2O4. The third-order valence-electron chi connectivity index (χ3n) is 4.97. The van der Waals surface area contributed by atoms with E-state index in [-0.39, 0.29) is 30.4 Å². The summed E-state index contributed by atoms with van der Waals surface area (Å²) in [5.74, 6) is 0.0901. The number of halogens is 3. The predicted octanol–water partition coefficient (Wildman–Crippen LogP) is 3.96. The molecule has 2 aliphatic rings. The molecule has 0 saturated carbocycles. The average Bonchev–Trinajstić information content (AvgIpc) is 3.03. The van der Waals surface area contributed by atoms with Gasteiger partial charge in [-0.2, -0.15) is 13.2 Å². The SMILES string of the molecule is CCOC(=O)NCC1=C(N2CCCC2=O)c2cc(C(F)(F)F)ccc2OC1(C)C. The summed E-state index contributed by atoms with van der Waals surface area (Å²) in [5.41, 5.74) is -0.726. The van der Waals surface area contributed by atoms with E-state index in [1.807, 2.05) is 0 Å². The van der Waals surface area contributed by atoms with E-state index in [2.05, 4.69) is 5.32 Å². The van der Waals surface area contributed by atoms with Crippen LogP contribution in [0.1, 0.15) is 44.7 Å². The molecule has 158 valence electrons. The van der Waals surface area contributed by atoms with Crippen LogP contribution in [0.5, 0.6) is 5.75 Å². The summed E-state index contributed by atoms with van der Waals surface area (Å²) in [6.45, 7) is 5.70. The molecule has 9 heteroatoms. The van der Waals surface area contributed by atoms with E-state index in [0.717, 1.165) is 12.1 Å². The van der Waals surface area contributed by atoms with Crippen LogP contribution < -0.4 is 10.1 Å². The standard InChI is InChI=1S/C20H23F3N2O4/c1-4-28-18(27)24-11-14-17(25-9-5-6-16(25)26)13-10-12(20(21,22)23)7-8-15(13)29-19(14,2)3/h7-8,10H,4-6,9,11H2,1-3H3,(H,24,27). The summed E-state index contributed by atoms with van der Waals surface area (Å²) in [5, 5.41) is 2.59. The summed E-state index contributed by atoms with van der Waals surface area (Å²) in [7, 11) is 0. The fourth-order valence-electron chi connectivity index (χ4n) is 3.60. The fourth-order valence-corrected chi connectivity index (χ4v) is 3.60. The smallest absolute Gasteiger partial charge is 0.416 e. The molecule has 0 aromatic heterocycles. The van der Waals surface area contributed by atoms with Crippen molar-refractivity contribution in [3.8, 4) is 5.75 Å². The van der Waals surface area contributed by atoms with E-state index in [4.69, 9.17) is 9.47 Å². The molecule has 2 heterocycles. The summed E-state index contributed by atoms with van der Waals surface area (Å²) < 4.78 is 50.8. The molecule has 0 bridgehead atoms. The quantitative estimate of drug-likeness (QED) is 0.813. The van der Waals surface area contributed by atoms with Gasteiger partial charge < -0.3 is 19.7 Å². The van der Waals surface area contributed by atoms with Gasteiger partial charge in [-0.1, -0.05) is 0 Å². The van der Waals surface area contributed by atoms with Crippen molar-refractivity contribution in [3.05, 3.63) is 34.9 Å². The zero-order chi connectivity index (χ0) is 21.4. The summed E-state index contributed by atoms with van der Waals surface area (Å²) in [6, 6.07) is 3.23. The number of rotatable bonds is 4. The minimum Gasteiger partial charge on any atom is -0.483 e. The highest BCUT2D eigenvalue weighted by Crippen LogP contribution is 2.45. The molecule has 1 aromatic rings. The van der Waals surface area contributed by atoms with Crippen molar-refractivity contribution >= 4 is 17.7 Å².